The largest absolute Gasteiger partial charge is 0.376 e. The zero-order valence-electron chi connectivity index (χ0n) is 15.4. The normalized spacial score (nSPS) is 20.4. The smallest absolute Gasteiger partial charge is 0.262 e. The number of thioether (sulfide) groups is 1. The summed E-state index contributed by atoms with van der Waals surface area (Å²) in [6.45, 7) is 1.34. The number of nitrogens with zero attached hydrogens (tertiary/aromatic N) is 2. The third-order valence-corrected chi connectivity index (χ3v) is 6.30. The fourth-order valence-electron chi connectivity index (χ4n) is 3.93. The van der Waals surface area contributed by atoms with Crippen molar-refractivity contribution >= 4 is 28.6 Å². The van der Waals surface area contributed by atoms with E-state index in [2.05, 4.69) is 5.32 Å². The van der Waals surface area contributed by atoms with Crippen molar-refractivity contribution in [2.75, 3.05) is 18.9 Å². The highest BCUT2D eigenvalue weighted by Gasteiger charge is 2.23. The van der Waals surface area contributed by atoms with Gasteiger partial charge in [-0.05, 0) is 37.8 Å². The minimum atomic E-state index is -0.0455. The zero-order valence-corrected chi connectivity index (χ0v) is 16.2. The molecule has 0 radical (unpaired) electrons. The molecule has 1 N–H and O–H groups in total. The van der Waals surface area contributed by atoms with Crippen molar-refractivity contribution in [2.45, 2.75) is 55.8 Å². The van der Waals surface area contributed by atoms with E-state index in [1.54, 1.807) is 0 Å². The molecule has 2 aromatic rings. The van der Waals surface area contributed by atoms with Gasteiger partial charge in [-0.1, -0.05) is 36.7 Å². The number of carbonyl (C=O) groups excluding carboxylic acids is 1. The van der Waals surface area contributed by atoms with Crippen molar-refractivity contribution < 1.29 is 9.53 Å². The Balaban J connectivity index is 1.51. The highest BCUT2D eigenvalue weighted by molar-refractivity contribution is 7.99. The predicted octanol–water partition coefficient (Wildman–Crippen LogP) is 2.90. The van der Waals surface area contributed by atoms with E-state index in [-0.39, 0.29) is 29.4 Å². The third kappa shape index (κ3) is 4.19. The number of rotatable bonds is 6. The Morgan fingerprint density at radius 3 is 2.81 bits per heavy atom. The molecule has 1 aromatic heterocycles. The molecule has 7 heteroatoms. The Labute approximate surface area is 162 Å². The third-order valence-electron chi connectivity index (χ3n) is 5.35. The van der Waals surface area contributed by atoms with E-state index in [1.807, 2.05) is 28.8 Å². The number of hydrogen-bond acceptors (Lipinski definition) is 5. The van der Waals surface area contributed by atoms with Crippen LogP contribution >= 0.6 is 11.8 Å². The van der Waals surface area contributed by atoms with Crippen molar-refractivity contribution in [3.8, 4) is 0 Å². The molecule has 1 aliphatic heterocycles. The first kappa shape index (κ1) is 18.5. The summed E-state index contributed by atoms with van der Waals surface area (Å²) < 4.78 is 7.36. The molecule has 1 saturated heterocycles. The molecule has 2 heterocycles. The molecule has 4 rings (SSSR count). The number of ether oxygens (including phenoxy) is 1. The van der Waals surface area contributed by atoms with E-state index in [1.165, 1.54) is 11.8 Å². The lowest BCUT2D eigenvalue weighted by Gasteiger charge is -2.18. The molecule has 2 aliphatic rings. The van der Waals surface area contributed by atoms with Crippen LogP contribution in [0.1, 0.15) is 44.6 Å². The molecule has 1 aromatic carbocycles. The van der Waals surface area contributed by atoms with Crippen molar-refractivity contribution in [1.29, 1.82) is 0 Å². The van der Waals surface area contributed by atoms with Gasteiger partial charge in [0.1, 0.15) is 0 Å². The Morgan fingerprint density at radius 2 is 2.04 bits per heavy atom. The number of fused-ring (bicyclic) bond motifs is 1. The van der Waals surface area contributed by atoms with E-state index >= 15 is 0 Å². The first-order valence-corrected chi connectivity index (χ1v) is 10.7. The predicted molar refractivity (Wildman–Crippen MR) is 106 cm³/mol. The van der Waals surface area contributed by atoms with Crippen LogP contribution < -0.4 is 10.9 Å². The summed E-state index contributed by atoms with van der Waals surface area (Å²) in [6.07, 6.45) is 6.46. The minimum Gasteiger partial charge on any atom is -0.376 e. The van der Waals surface area contributed by atoms with Crippen LogP contribution in [0, 0.1) is 0 Å². The van der Waals surface area contributed by atoms with Crippen LogP contribution in [0.2, 0.25) is 0 Å². The number of nitrogens with one attached hydrogen (secondary N) is 1. The Bertz CT molecular complexity index is 870. The van der Waals surface area contributed by atoms with Crippen molar-refractivity contribution in [2.24, 2.45) is 0 Å². The van der Waals surface area contributed by atoms with Gasteiger partial charge >= 0.3 is 0 Å². The first-order valence-electron chi connectivity index (χ1n) is 9.75. The van der Waals surface area contributed by atoms with Gasteiger partial charge in [-0.3, -0.25) is 14.2 Å². The molecule has 144 valence electrons. The molecule has 1 atom stereocenters. The second-order valence-corrected chi connectivity index (χ2v) is 8.20. The fraction of sp³-hybridized carbons (Fsp3) is 0.550. The van der Waals surface area contributed by atoms with Crippen LogP contribution in [0.4, 0.5) is 0 Å². The molecule has 1 aliphatic carbocycles. The first-order chi connectivity index (χ1) is 13.2. The van der Waals surface area contributed by atoms with Crippen molar-refractivity contribution in [3.05, 3.63) is 34.6 Å². The molecule has 0 spiro atoms. The molecule has 2 fully saturated rings. The lowest BCUT2D eigenvalue weighted by atomic mass is 10.2. The van der Waals surface area contributed by atoms with Gasteiger partial charge in [0.25, 0.3) is 5.56 Å². The summed E-state index contributed by atoms with van der Waals surface area (Å²) in [4.78, 5) is 30.0. The van der Waals surface area contributed by atoms with Gasteiger partial charge in [-0.2, -0.15) is 0 Å². The van der Waals surface area contributed by atoms with Gasteiger partial charge in [-0.25, -0.2) is 4.98 Å². The minimum absolute atomic E-state index is 0.00904. The van der Waals surface area contributed by atoms with Crippen LogP contribution in [0.25, 0.3) is 10.9 Å². The van der Waals surface area contributed by atoms with E-state index < -0.39 is 0 Å². The van der Waals surface area contributed by atoms with Crippen LogP contribution in [-0.2, 0) is 9.53 Å². The van der Waals surface area contributed by atoms with Gasteiger partial charge < -0.3 is 10.1 Å². The second kappa shape index (κ2) is 8.44. The number of amides is 1. The average Bonchev–Trinajstić information content (AvgIpc) is 3.39. The summed E-state index contributed by atoms with van der Waals surface area (Å²) in [5, 5.41) is 4.24. The summed E-state index contributed by atoms with van der Waals surface area (Å²) in [5.74, 6) is 0.209. The van der Waals surface area contributed by atoms with Gasteiger partial charge in [-0.15, -0.1) is 0 Å². The summed E-state index contributed by atoms with van der Waals surface area (Å²) in [7, 11) is 0. The molecule has 27 heavy (non-hydrogen) atoms. The lowest BCUT2D eigenvalue weighted by molar-refractivity contribution is -0.119. The fourth-order valence-corrected chi connectivity index (χ4v) is 4.82. The van der Waals surface area contributed by atoms with Gasteiger partial charge in [0.05, 0.1) is 22.8 Å². The van der Waals surface area contributed by atoms with E-state index in [0.29, 0.717) is 22.6 Å². The summed E-state index contributed by atoms with van der Waals surface area (Å²) in [5.41, 5.74) is 0.703. The van der Waals surface area contributed by atoms with Crippen LogP contribution in [0.3, 0.4) is 0 Å². The topological polar surface area (TPSA) is 73.2 Å². The second-order valence-electron chi connectivity index (χ2n) is 7.25. The highest BCUT2D eigenvalue weighted by atomic mass is 32.2. The quantitative estimate of drug-likeness (QED) is 0.609. The van der Waals surface area contributed by atoms with E-state index in [9.17, 15) is 9.59 Å². The van der Waals surface area contributed by atoms with Gasteiger partial charge in [0.2, 0.25) is 5.91 Å². The SMILES string of the molecule is O=C(CSc1nc2ccccc2c(=O)n1C1CCCC1)NC[C@@H]1CCCO1. The van der Waals surface area contributed by atoms with Crippen molar-refractivity contribution in [1.82, 2.24) is 14.9 Å². The zero-order chi connectivity index (χ0) is 18.6. The molecule has 0 bridgehead atoms. The van der Waals surface area contributed by atoms with E-state index in [0.717, 1.165) is 45.1 Å². The number of para-hydroxylation sites is 1. The average molecular weight is 388 g/mol. The van der Waals surface area contributed by atoms with Gasteiger partial charge in [0.15, 0.2) is 5.16 Å². The molecular formula is C20H25N3O3S. The van der Waals surface area contributed by atoms with Crippen LogP contribution in [0.15, 0.2) is 34.2 Å². The monoisotopic (exact) mass is 387 g/mol. The highest BCUT2D eigenvalue weighted by Crippen LogP contribution is 2.32. The molecule has 1 amide bonds. The Hall–Kier alpha value is -1.86. The lowest BCUT2D eigenvalue weighted by Crippen LogP contribution is -2.33. The maximum Gasteiger partial charge on any atom is 0.262 e. The summed E-state index contributed by atoms with van der Waals surface area (Å²) in [6, 6.07) is 7.63. The maximum absolute atomic E-state index is 13.1. The van der Waals surface area contributed by atoms with Crippen LogP contribution in [-0.4, -0.2) is 40.5 Å². The van der Waals surface area contributed by atoms with Gasteiger partial charge in [0, 0.05) is 19.2 Å². The van der Waals surface area contributed by atoms with E-state index in [4.69, 9.17) is 9.72 Å². The number of benzene rings is 1. The van der Waals surface area contributed by atoms with Crippen molar-refractivity contribution in [3.63, 3.8) is 0 Å². The molecule has 1 saturated carbocycles. The number of aromatic nitrogens is 2. The molecule has 6 nitrogen and oxygen atoms in total. The molecule has 0 unspecified atom stereocenters. The molecular weight excluding hydrogens is 362 g/mol. The van der Waals surface area contributed by atoms with Crippen LogP contribution in [0.5, 0.6) is 0 Å². The Kier molecular flexibility index (Phi) is 5.78. The Morgan fingerprint density at radius 1 is 1.22 bits per heavy atom. The number of hydrogen-bond donors (Lipinski definition) is 1. The summed E-state index contributed by atoms with van der Waals surface area (Å²) >= 11 is 1.35. The maximum atomic E-state index is 13.1. The standard InChI is InChI=1S/C20H25N3O3S/c24-18(21-12-15-8-5-11-26-15)13-27-20-22-17-10-4-3-9-16(17)19(25)23(20)14-6-1-2-7-14/h3-4,9-10,14-15H,1-2,5-8,11-13H2,(H,21,24)/t15-/m0/s1. The number of carbonyl (C=O) groups is 1.